The molecule has 3 heteroatoms. The molecule has 0 rings (SSSR count). The lowest BCUT2D eigenvalue weighted by Gasteiger charge is -2.24. The Morgan fingerprint density at radius 3 is 1.71 bits per heavy atom. The molecule has 2 nitrogen and oxygen atoms in total. The zero-order chi connectivity index (χ0) is 12.9. The van der Waals surface area contributed by atoms with Crippen molar-refractivity contribution in [3.63, 3.8) is 0 Å². The molecule has 0 aromatic heterocycles. The van der Waals surface area contributed by atoms with Crippen LogP contribution in [0, 0.1) is 0 Å². The van der Waals surface area contributed by atoms with E-state index >= 15 is 0 Å². The van der Waals surface area contributed by atoms with Crippen molar-refractivity contribution in [1.82, 2.24) is 10.6 Å². The third-order valence-corrected chi connectivity index (χ3v) is 3.47. The number of unbranched alkanes of at least 4 members (excludes halogenated alkanes) is 6. The second-order valence-electron chi connectivity index (χ2n) is 4.68. The van der Waals surface area contributed by atoms with Gasteiger partial charge < -0.3 is 4.90 Å². The van der Waals surface area contributed by atoms with Crippen molar-refractivity contribution in [2.45, 2.75) is 65.2 Å². The molecule has 0 atom stereocenters. The molecule has 0 aliphatic carbocycles. The highest BCUT2D eigenvalue weighted by atomic mass is 32.1. The van der Waals surface area contributed by atoms with Crippen molar-refractivity contribution < 1.29 is 0 Å². The molecule has 0 unspecified atom stereocenters. The minimum atomic E-state index is 0.275. The fourth-order valence-corrected chi connectivity index (χ4v) is 2.11. The normalized spacial score (nSPS) is 10.5. The standard InChI is InChI=1S/C14H29N2S/c1-3-5-7-9-11-16(14(17)13-15)12-10-8-6-4-2/h15H,3-13H2,1-2H3. The van der Waals surface area contributed by atoms with E-state index < -0.39 is 0 Å². The summed E-state index contributed by atoms with van der Waals surface area (Å²) >= 11 is 5.27. The topological polar surface area (TPSA) is 27.0 Å². The maximum Gasteiger partial charge on any atom is 0.0933 e. The van der Waals surface area contributed by atoms with Gasteiger partial charge in [-0.05, 0) is 12.8 Å². The van der Waals surface area contributed by atoms with Crippen LogP contribution in [0.4, 0.5) is 0 Å². The number of nitrogens with zero attached hydrogens (tertiary/aromatic N) is 1. The molecule has 0 saturated carbocycles. The van der Waals surface area contributed by atoms with E-state index in [0.717, 1.165) is 18.1 Å². The Hall–Kier alpha value is -0.150. The lowest BCUT2D eigenvalue weighted by atomic mass is 10.1. The van der Waals surface area contributed by atoms with Crippen molar-refractivity contribution in [2.75, 3.05) is 19.6 Å². The van der Waals surface area contributed by atoms with Crippen LogP contribution in [0.1, 0.15) is 65.2 Å². The minimum absolute atomic E-state index is 0.275. The van der Waals surface area contributed by atoms with Gasteiger partial charge in [0.1, 0.15) is 0 Å². The first-order chi connectivity index (χ1) is 8.26. The molecular weight excluding hydrogens is 228 g/mol. The van der Waals surface area contributed by atoms with Gasteiger partial charge in [-0.3, -0.25) is 5.73 Å². The smallest absolute Gasteiger partial charge is 0.0933 e. The summed E-state index contributed by atoms with van der Waals surface area (Å²) in [6.45, 7) is 6.86. The number of thiocarbonyl (C=S) groups is 1. The van der Waals surface area contributed by atoms with Gasteiger partial charge in [-0.1, -0.05) is 64.6 Å². The van der Waals surface area contributed by atoms with E-state index in [1.165, 1.54) is 51.4 Å². The van der Waals surface area contributed by atoms with Crippen molar-refractivity contribution >= 4 is 17.2 Å². The predicted molar refractivity (Wildman–Crippen MR) is 80.4 cm³/mol. The lowest BCUT2D eigenvalue weighted by Crippen LogP contribution is -2.34. The summed E-state index contributed by atoms with van der Waals surface area (Å²) in [7, 11) is 0. The summed E-state index contributed by atoms with van der Waals surface area (Å²) in [5.41, 5.74) is 7.39. The summed E-state index contributed by atoms with van der Waals surface area (Å²) in [5.74, 6) is 0. The van der Waals surface area contributed by atoms with Crippen LogP contribution in [-0.4, -0.2) is 29.5 Å². The van der Waals surface area contributed by atoms with Crippen LogP contribution in [-0.2, 0) is 0 Å². The van der Waals surface area contributed by atoms with Crippen LogP contribution in [0.5, 0.6) is 0 Å². The summed E-state index contributed by atoms with van der Waals surface area (Å²) in [6.07, 6.45) is 10.2. The molecule has 0 aliphatic rings. The van der Waals surface area contributed by atoms with E-state index in [-0.39, 0.29) is 6.54 Å². The molecule has 0 amide bonds. The van der Waals surface area contributed by atoms with Gasteiger partial charge in [-0.15, -0.1) is 0 Å². The van der Waals surface area contributed by atoms with Crippen LogP contribution < -0.4 is 5.73 Å². The van der Waals surface area contributed by atoms with Gasteiger partial charge in [-0.25, -0.2) is 0 Å². The first-order valence-electron chi connectivity index (χ1n) is 7.18. The summed E-state index contributed by atoms with van der Waals surface area (Å²) < 4.78 is 0. The average molecular weight is 257 g/mol. The Labute approximate surface area is 113 Å². The molecule has 0 bridgehead atoms. The van der Waals surface area contributed by atoms with Gasteiger partial charge in [0.15, 0.2) is 0 Å². The van der Waals surface area contributed by atoms with Gasteiger partial charge in [0.05, 0.1) is 11.5 Å². The molecule has 1 N–H and O–H groups in total. The molecule has 0 aromatic carbocycles. The van der Waals surface area contributed by atoms with Gasteiger partial charge in [0.25, 0.3) is 0 Å². The minimum Gasteiger partial charge on any atom is -0.365 e. The first-order valence-corrected chi connectivity index (χ1v) is 7.59. The zero-order valence-electron chi connectivity index (χ0n) is 11.6. The van der Waals surface area contributed by atoms with E-state index in [4.69, 9.17) is 18.0 Å². The molecule has 17 heavy (non-hydrogen) atoms. The first kappa shape index (κ1) is 16.9. The number of nitrogens with one attached hydrogen (secondary N) is 1. The van der Waals surface area contributed by atoms with Crippen molar-refractivity contribution in [3.05, 3.63) is 0 Å². The fraction of sp³-hybridized carbons (Fsp3) is 0.929. The van der Waals surface area contributed by atoms with Gasteiger partial charge in [0.2, 0.25) is 0 Å². The Morgan fingerprint density at radius 1 is 0.882 bits per heavy atom. The summed E-state index contributed by atoms with van der Waals surface area (Å²) in [5, 5.41) is 0. The molecular formula is C14H29N2S. The van der Waals surface area contributed by atoms with Crippen LogP contribution in [0.25, 0.3) is 0 Å². The third-order valence-electron chi connectivity index (χ3n) is 3.07. The van der Waals surface area contributed by atoms with Crippen LogP contribution in [0.3, 0.4) is 0 Å². The summed E-state index contributed by atoms with van der Waals surface area (Å²) in [4.78, 5) is 3.09. The summed E-state index contributed by atoms with van der Waals surface area (Å²) in [6, 6.07) is 0. The Morgan fingerprint density at radius 2 is 1.35 bits per heavy atom. The van der Waals surface area contributed by atoms with Crippen LogP contribution in [0.15, 0.2) is 0 Å². The van der Waals surface area contributed by atoms with Crippen LogP contribution >= 0.6 is 12.2 Å². The van der Waals surface area contributed by atoms with E-state index in [2.05, 4.69) is 18.7 Å². The molecule has 0 fully saturated rings. The highest BCUT2D eigenvalue weighted by Gasteiger charge is 2.07. The van der Waals surface area contributed by atoms with Gasteiger partial charge >= 0.3 is 0 Å². The highest BCUT2D eigenvalue weighted by Crippen LogP contribution is 2.06. The zero-order valence-corrected chi connectivity index (χ0v) is 12.5. The molecule has 0 saturated heterocycles. The second kappa shape index (κ2) is 12.3. The molecule has 0 spiro atoms. The Bertz CT molecular complexity index is 171. The average Bonchev–Trinajstić information content (AvgIpc) is 2.36. The lowest BCUT2D eigenvalue weighted by molar-refractivity contribution is 0.388. The second-order valence-corrected chi connectivity index (χ2v) is 5.15. The molecule has 1 radical (unpaired) electrons. The van der Waals surface area contributed by atoms with Gasteiger partial charge in [0, 0.05) is 13.1 Å². The van der Waals surface area contributed by atoms with E-state index in [0.29, 0.717) is 0 Å². The quantitative estimate of drug-likeness (QED) is 0.412. The molecule has 0 heterocycles. The van der Waals surface area contributed by atoms with Crippen molar-refractivity contribution in [3.8, 4) is 0 Å². The van der Waals surface area contributed by atoms with E-state index in [1.54, 1.807) is 0 Å². The van der Waals surface area contributed by atoms with Crippen molar-refractivity contribution in [1.29, 1.82) is 0 Å². The number of hydrogen-bond donors (Lipinski definition) is 0. The van der Waals surface area contributed by atoms with Crippen molar-refractivity contribution in [2.24, 2.45) is 0 Å². The third kappa shape index (κ3) is 9.54. The fourth-order valence-electron chi connectivity index (χ4n) is 1.93. The van der Waals surface area contributed by atoms with E-state index in [1.807, 2.05) is 0 Å². The highest BCUT2D eigenvalue weighted by molar-refractivity contribution is 7.80. The maximum absolute atomic E-state index is 7.39. The predicted octanol–water partition coefficient (Wildman–Crippen LogP) is 4.06. The molecule has 0 aromatic rings. The maximum atomic E-state index is 7.39. The largest absolute Gasteiger partial charge is 0.365 e. The molecule has 101 valence electrons. The van der Waals surface area contributed by atoms with Gasteiger partial charge in [-0.2, -0.15) is 0 Å². The number of rotatable bonds is 11. The van der Waals surface area contributed by atoms with E-state index in [9.17, 15) is 0 Å². The Balaban J connectivity index is 3.76. The number of hydrogen-bond acceptors (Lipinski definition) is 1. The Kier molecular flexibility index (Phi) is 12.2. The SMILES string of the molecule is CCCCCCN(CCCCCC)C(=S)C[NH]. The van der Waals surface area contributed by atoms with Crippen LogP contribution in [0.2, 0.25) is 0 Å². The monoisotopic (exact) mass is 257 g/mol. The molecule has 0 aliphatic heterocycles.